The zero-order valence-corrected chi connectivity index (χ0v) is 60.6. The number of anilines is 2. The fourth-order valence-corrected chi connectivity index (χ4v) is 14.1. The van der Waals surface area contributed by atoms with Crippen LogP contribution in [0, 0.1) is 17.8 Å². The summed E-state index contributed by atoms with van der Waals surface area (Å²) in [4.78, 5) is 40.5. The molecule has 14 rings (SSSR count). The van der Waals surface area contributed by atoms with Gasteiger partial charge in [0.1, 0.15) is 23.1 Å². The first-order chi connectivity index (χ1) is 48.5. The van der Waals surface area contributed by atoms with E-state index in [1.54, 1.807) is 30.5 Å². The van der Waals surface area contributed by atoms with E-state index in [1.807, 2.05) is 105 Å². The summed E-state index contributed by atoms with van der Waals surface area (Å²) in [5.74, 6) is 4.17. The highest BCUT2D eigenvalue weighted by atomic mass is 35.5. The molecule has 3 aliphatic heterocycles. The number of carbonyl (C=O) groups excluding carboxylic acids is 1. The van der Waals surface area contributed by atoms with Gasteiger partial charge in [0.05, 0.1) is 63.4 Å². The molecule has 0 amide bonds. The number of hydrogen-bond acceptors (Lipinski definition) is 16. The molecule has 8 aromatic heterocycles. The molecule has 0 bridgehead atoms. The van der Waals surface area contributed by atoms with Crippen molar-refractivity contribution >= 4 is 104 Å². The van der Waals surface area contributed by atoms with Crippen LogP contribution in [0.15, 0.2) is 135 Å². The minimum atomic E-state index is 0.0628. The smallest absolute Gasteiger partial charge is 0.180 e. The first-order valence-electron chi connectivity index (χ1n) is 33.4. The topological polar surface area (TPSA) is 225 Å². The van der Waals surface area contributed by atoms with Gasteiger partial charge in [0.25, 0.3) is 0 Å². The molecule has 11 heterocycles. The van der Waals surface area contributed by atoms with Crippen molar-refractivity contribution in [2.45, 2.75) is 66.6 Å². The number of nitrogens with two attached hydrogens (primary N) is 3. The number of hydrogen-bond donors (Lipinski definition) is 3. The summed E-state index contributed by atoms with van der Waals surface area (Å²) in [7, 11) is 0. The minimum absolute atomic E-state index is 0.0628. The molecule has 0 unspecified atom stereocenters. The van der Waals surface area contributed by atoms with Gasteiger partial charge in [-0.05, 0) is 97.0 Å². The fourth-order valence-electron chi connectivity index (χ4n) is 12.5. The van der Waals surface area contributed by atoms with Crippen molar-refractivity contribution < 1.29 is 28.5 Å². The van der Waals surface area contributed by atoms with Gasteiger partial charge in [0.2, 0.25) is 0 Å². The number of aromatic nitrogens is 8. The predicted molar refractivity (Wildman–Crippen MR) is 401 cm³/mol. The second-order valence-corrected chi connectivity index (χ2v) is 28.0. The molecule has 11 aromatic rings. The lowest BCUT2D eigenvalue weighted by atomic mass is 9.93. The Morgan fingerprint density at radius 2 is 0.990 bits per heavy atom. The van der Waals surface area contributed by atoms with Gasteiger partial charge in [0, 0.05) is 200 Å². The van der Waals surface area contributed by atoms with E-state index in [0.29, 0.717) is 117 Å². The third-order valence-electron chi connectivity index (χ3n) is 17.7. The van der Waals surface area contributed by atoms with Crippen molar-refractivity contribution in [1.82, 2.24) is 38.1 Å². The standard InChI is InChI=1S/2C27H29Cl2N5O2.C21H21Cl2N3O2/c1-17(2)16-36-26-21(12-30)22(20-5-4-19(28)11-23(20)29)15-34-24(14-32-27(26)34)18-3-6-25(31-13-18)33-7-9-35-10-8-33;1-17(2)16-36-26-21(13-30)22(20-4-3-19(28)12-23(20)29)15-34-24(14-32-27(26)34)18-5-6-31-25(11-18)33-7-9-35-10-8-33;22-15-1-2-17(19(23)8-15)18-12-26-16(11-25-21(26)7-14(18)10-24)9-20(27)13-3-5-28-6-4-13/h3-6,11,13-15,17H,7-10,12,16,30H2,1-2H3;3-6,11-12,14-15,17H,7-10,13,16,30H2,1-2H3;1-2,7-8,11-13H,3-6,9-10,24H2. The number of imidazole rings is 3. The molecule has 0 radical (unpaired) electrons. The Morgan fingerprint density at radius 3 is 1.47 bits per heavy atom. The number of morpholine rings is 2. The summed E-state index contributed by atoms with van der Waals surface area (Å²) in [6.45, 7) is 17.9. The number of carbonyl (C=O) groups is 1. The van der Waals surface area contributed by atoms with Crippen molar-refractivity contribution in [3.8, 4) is 67.4 Å². The Morgan fingerprint density at radius 1 is 0.500 bits per heavy atom. The molecule has 0 saturated carbocycles. The second-order valence-electron chi connectivity index (χ2n) is 25.5. The molecule has 0 aliphatic carbocycles. The third-order valence-corrected chi connectivity index (χ3v) is 19.4. The van der Waals surface area contributed by atoms with E-state index < -0.39 is 0 Å². The summed E-state index contributed by atoms with van der Waals surface area (Å²) in [5.41, 5.74) is 33.2. The summed E-state index contributed by atoms with van der Waals surface area (Å²) >= 11 is 38.1. The fraction of sp³-hybridized carbons (Fsp3) is 0.333. The van der Waals surface area contributed by atoms with Crippen LogP contribution in [0.3, 0.4) is 0 Å². The van der Waals surface area contributed by atoms with Gasteiger partial charge < -0.3 is 55.1 Å². The van der Waals surface area contributed by atoms with Gasteiger partial charge in [-0.3, -0.25) is 13.6 Å². The lowest BCUT2D eigenvalue weighted by Gasteiger charge is -2.28. The lowest BCUT2D eigenvalue weighted by Crippen LogP contribution is -2.36. The number of nitrogens with zero attached hydrogens (tertiary/aromatic N) is 10. The molecule has 0 atom stereocenters. The van der Waals surface area contributed by atoms with E-state index in [1.165, 1.54) is 0 Å². The van der Waals surface area contributed by atoms with Crippen LogP contribution in [0.25, 0.3) is 72.8 Å². The van der Waals surface area contributed by atoms with E-state index in [-0.39, 0.29) is 24.8 Å². The number of fused-ring (bicyclic) bond motifs is 3. The highest BCUT2D eigenvalue weighted by Crippen LogP contribution is 2.43. The molecule has 6 N–H and O–H groups in total. The number of halogens is 6. The monoisotopic (exact) mass is 1470 g/mol. The first kappa shape index (κ1) is 72.2. The molecule has 3 aliphatic rings. The molecule has 19 nitrogen and oxygen atoms in total. The predicted octanol–water partition coefficient (Wildman–Crippen LogP) is 15.7. The number of ether oxygens (including phenoxy) is 5. The van der Waals surface area contributed by atoms with Crippen molar-refractivity contribution in [2.24, 2.45) is 35.0 Å². The maximum absolute atomic E-state index is 12.7. The average molecular weight is 1470 g/mol. The van der Waals surface area contributed by atoms with Crippen molar-refractivity contribution in [3.63, 3.8) is 0 Å². The maximum atomic E-state index is 12.7. The van der Waals surface area contributed by atoms with E-state index in [4.69, 9.17) is 125 Å². The van der Waals surface area contributed by atoms with E-state index in [9.17, 15) is 4.79 Å². The van der Waals surface area contributed by atoms with Crippen molar-refractivity contribution in [2.75, 3.05) is 88.8 Å². The summed E-state index contributed by atoms with van der Waals surface area (Å²) in [6.07, 6.45) is 17.1. The normalized spacial score (nSPS) is 14.4. The number of ketones is 1. The Kier molecular flexibility index (Phi) is 23.8. The SMILES string of the molecule is CC(C)COc1c(CN)c(-c2ccc(Cl)cc2Cl)cn2c(-c3ccc(N4CCOCC4)nc3)cnc12.CC(C)COc1c(CN)c(-c2ccc(Cl)cc2Cl)cn2c(-c3ccnc(N4CCOCC4)c3)cnc12.NCc1cc2ncc(CC(=O)C3CCOCC3)n2cc1-c1ccc(Cl)cc1Cl. The largest absolute Gasteiger partial charge is 0.489 e. The van der Waals surface area contributed by atoms with Crippen LogP contribution in [0.4, 0.5) is 11.6 Å². The highest BCUT2D eigenvalue weighted by molar-refractivity contribution is 6.37. The third kappa shape index (κ3) is 16.3. The Bertz CT molecular complexity index is 4700. The molecular weight excluding hydrogens is 1390 g/mol. The summed E-state index contributed by atoms with van der Waals surface area (Å²) < 4.78 is 35.0. The van der Waals surface area contributed by atoms with Gasteiger partial charge in [0.15, 0.2) is 22.8 Å². The van der Waals surface area contributed by atoms with Crippen LogP contribution in [0.1, 0.15) is 62.9 Å². The molecule has 0 spiro atoms. The van der Waals surface area contributed by atoms with Crippen molar-refractivity contribution in [1.29, 1.82) is 0 Å². The summed E-state index contributed by atoms with van der Waals surface area (Å²) in [6, 6.07) is 26.5. The second kappa shape index (κ2) is 33.0. The van der Waals surface area contributed by atoms with Crippen LogP contribution in [-0.2, 0) is 45.1 Å². The van der Waals surface area contributed by atoms with Crippen LogP contribution in [-0.4, -0.2) is 123 Å². The molecular formula is C75H79Cl6N13O6. The number of pyridine rings is 5. The minimum Gasteiger partial charge on any atom is -0.489 e. The van der Waals surface area contributed by atoms with E-state index in [2.05, 4.69) is 59.6 Å². The number of benzene rings is 3. The van der Waals surface area contributed by atoms with Crippen LogP contribution in [0.5, 0.6) is 11.5 Å². The summed E-state index contributed by atoms with van der Waals surface area (Å²) in [5, 5.41) is 3.38. The first-order valence-corrected chi connectivity index (χ1v) is 35.7. The highest BCUT2D eigenvalue weighted by Gasteiger charge is 2.27. The van der Waals surface area contributed by atoms with Gasteiger partial charge >= 0.3 is 0 Å². The van der Waals surface area contributed by atoms with Crippen molar-refractivity contribution in [3.05, 3.63) is 187 Å². The molecule has 3 saturated heterocycles. The Labute approximate surface area is 611 Å². The maximum Gasteiger partial charge on any atom is 0.180 e. The number of rotatable bonds is 19. The lowest BCUT2D eigenvalue weighted by molar-refractivity contribution is -0.125. The molecule has 522 valence electrons. The Balaban J connectivity index is 0.000000143. The Hall–Kier alpha value is -7.60. The van der Waals surface area contributed by atoms with E-state index in [0.717, 1.165) is 148 Å². The quantitative estimate of drug-likeness (QED) is 0.0684. The van der Waals surface area contributed by atoms with Crippen LogP contribution in [0.2, 0.25) is 30.1 Å². The average Bonchev–Trinajstić information content (AvgIpc) is 1.62. The molecule has 3 fully saturated rings. The van der Waals surface area contributed by atoms with Gasteiger partial charge in [-0.1, -0.05) is 115 Å². The zero-order chi connectivity index (χ0) is 70.1. The van der Waals surface area contributed by atoms with Crippen LogP contribution >= 0.6 is 69.6 Å². The van der Waals surface area contributed by atoms with Gasteiger partial charge in [-0.2, -0.15) is 0 Å². The molecule has 25 heteroatoms. The van der Waals surface area contributed by atoms with Gasteiger partial charge in [-0.15, -0.1) is 0 Å². The molecule has 100 heavy (non-hydrogen) atoms. The van der Waals surface area contributed by atoms with Crippen LogP contribution < -0.4 is 36.5 Å². The van der Waals surface area contributed by atoms with Gasteiger partial charge in [-0.25, -0.2) is 24.9 Å². The number of Topliss-reactive ketones (excluding diaryl/α,β-unsaturated/α-hetero) is 1. The molecule has 3 aromatic carbocycles. The van der Waals surface area contributed by atoms with E-state index >= 15 is 0 Å². The zero-order valence-electron chi connectivity index (χ0n) is 56.1.